The number of likely N-dealkylation sites (N-methyl/N-ethyl adjacent to an activating group) is 1. The van der Waals surface area contributed by atoms with E-state index in [0.29, 0.717) is 0 Å². The zero-order valence-electron chi connectivity index (χ0n) is 8.25. The number of rotatable bonds is 3. The number of hydrogen-bond donors (Lipinski definition) is 1. The first kappa shape index (κ1) is 9.78. The van der Waals surface area contributed by atoms with Crippen LogP contribution < -0.4 is 5.32 Å². The van der Waals surface area contributed by atoms with Crippen LogP contribution in [0.1, 0.15) is 13.3 Å². The van der Waals surface area contributed by atoms with Gasteiger partial charge in [0.25, 0.3) is 0 Å². The Kier molecular flexibility index (Phi) is 4.03. The van der Waals surface area contributed by atoms with Crippen LogP contribution in [0, 0.1) is 0 Å². The van der Waals surface area contributed by atoms with Gasteiger partial charge in [0.15, 0.2) is 0 Å². The lowest BCUT2D eigenvalue weighted by Crippen LogP contribution is -2.09. The van der Waals surface area contributed by atoms with Gasteiger partial charge in [0.2, 0.25) is 0 Å². The van der Waals surface area contributed by atoms with E-state index in [4.69, 9.17) is 0 Å². The molecule has 0 radical (unpaired) electrons. The van der Waals surface area contributed by atoms with Gasteiger partial charge in [-0.3, -0.25) is 4.99 Å². The van der Waals surface area contributed by atoms with Crippen LogP contribution in [0.5, 0.6) is 0 Å². The summed E-state index contributed by atoms with van der Waals surface area (Å²) in [5, 5.41) is 3.16. The standard InChI is InChI=1S/C11H16N2/c1-3-13-9-10-7-5-4-6-8-11(10)12-2/h4-5,7-9,12H,3,6H2,1-2H3. The Morgan fingerprint density at radius 2 is 2.46 bits per heavy atom. The summed E-state index contributed by atoms with van der Waals surface area (Å²) in [4.78, 5) is 4.23. The van der Waals surface area contributed by atoms with E-state index in [-0.39, 0.29) is 0 Å². The predicted octanol–water partition coefficient (Wildman–Crippen LogP) is 2.07. The third-order valence-corrected chi connectivity index (χ3v) is 1.86. The van der Waals surface area contributed by atoms with Gasteiger partial charge in [0.1, 0.15) is 0 Å². The van der Waals surface area contributed by atoms with E-state index >= 15 is 0 Å². The summed E-state index contributed by atoms with van der Waals surface area (Å²) in [5.41, 5.74) is 2.31. The lowest BCUT2D eigenvalue weighted by Gasteiger charge is -2.05. The number of nitrogens with one attached hydrogen (secondary N) is 1. The predicted molar refractivity (Wildman–Crippen MR) is 58.0 cm³/mol. The van der Waals surface area contributed by atoms with Crippen molar-refractivity contribution in [2.75, 3.05) is 13.6 Å². The van der Waals surface area contributed by atoms with Gasteiger partial charge >= 0.3 is 0 Å². The van der Waals surface area contributed by atoms with E-state index in [1.54, 1.807) is 0 Å². The van der Waals surface area contributed by atoms with Crippen LogP contribution in [-0.4, -0.2) is 19.8 Å². The average Bonchev–Trinajstić information content (AvgIpc) is 2.39. The molecule has 2 heteroatoms. The highest BCUT2D eigenvalue weighted by atomic mass is 14.8. The highest BCUT2D eigenvalue weighted by Gasteiger charge is 2.00. The molecule has 0 bridgehead atoms. The van der Waals surface area contributed by atoms with Gasteiger partial charge in [-0.1, -0.05) is 24.3 Å². The molecule has 0 amide bonds. The Hall–Kier alpha value is -1.31. The Morgan fingerprint density at radius 1 is 1.62 bits per heavy atom. The first-order valence-corrected chi connectivity index (χ1v) is 4.63. The van der Waals surface area contributed by atoms with Crippen molar-refractivity contribution in [2.24, 2.45) is 4.99 Å². The van der Waals surface area contributed by atoms with Crippen molar-refractivity contribution < 1.29 is 0 Å². The molecule has 0 atom stereocenters. The number of aliphatic imine (C=N–C) groups is 1. The molecule has 0 aromatic carbocycles. The third-order valence-electron chi connectivity index (χ3n) is 1.86. The van der Waals surface area contributed by atoms with Crippen LogP contribution in [-0.2, 0) is 0 Å². The lowest BCUT2D eigenvalue weighted by molar-refractivity contribution is 1.01. The first-order valence-electron chi connectivity index (χ1n) is 4.63. The zero-order chi connectivity index (χ0) is 9.52. The van der Waals surface area contributed by atoms with E-state index in [1.165, 1.54) is 0 Å². The molecule has 13 heavy (non-hydrogen) atoms. The van der Waals surface area contributed by atoms with E-state index in [1.807, 2.05) is 20.2 Å². The maximum Gasteiger partial charge on any atom is 0.0389 e. The van der Waals surface area contributed by atoms with Gasteiger partial charge in [-0.05, 0) is 13.3 Å². The second kappa shape index (κ2) is 5.36. The molecule has 0 saturated heterocycles. The van der Waals surface area contributed by atoms with Crippen LogP contribution in [0.2, 0.25) is 0 Å². The fourth-order valence-corrected chi connectivity index (χ4v) is 1.19. The summed E-state index contributed by atoms with van der Waals surface area (Å²) >= 11 is 0. The summed E-state index contributed by atoms with van der Waals surface area (Å²) in [6.45, 7) is 2.87. The number of nitrogens with zero attached hydrogens (tertiary/aromatic N) is 1. The maximum atomic E-state index is 4.23. The second-order valence-electron chi connectivity index (χ2n) is 2.78. The second-order valence-corrected chi connectivity index (χ2v) is 2.78. The summed E-state index contributed by atoms with van der Waals surface area (Å²) in [6.07, 6.45) is 11.3. The summed E-state index contributed by atoms with van der Waals surface area (Å²) in [6, 6.07) is 0. The van der Waals surface area contributed by atoms with Gasteiger partial charge in [-0.25, -0.2) is 0 Å². The van der Waals surface area contributed by atoms with E-state index in [9.17, 15) is 0 Å². The quantitative estimate of drug-likeness (QED) is 0.654. The minimum Gasteiger partial charge on any atom is -0.388 e. The molecule has 0 fully saturated rings. The highest BCUT2D eigenvalue weighted by Crippen LogP contribution is 2.09. The van der Waals surface area contributed by atoms with Crippen molar-refractivity contribution >= 4 is 6.21 Å². The number of allylic oxidation sites excluding steroid dienone is 5. The van der Waals surface area contributed by atoms with Gasteiger partial charge < -0.3 is 5.32 Å². The zero-order valence-corrected chi connectivity index (χ0v) is 8.25. The van der Waals surface area contributed by atoms with Crippen molar-refractivity contribution in [2.45, 2.75) is 13.3 Å². The van der Waals surface area contributed by atoms with Gasteiger partial charge in [0.05, 0.1) is 0 Å². The van der Waals surface area contributed by atoms with E-state index in [0.717, 1.165) is 24.2 Å². The molecule has 0 aromatic rings. The molecular formula is C11H16N2. The molecule has 0 heterocycles. The van der Waals surface area contributed by atoms with Crippen molar-refractivity contribution in [3.63, 3.8) is 0 Å². The Morgan fingerprint density at radius 3 is 3.15 bits per heavy atom. The normalized spacial score (nSPS) is 16.8. The summed E-state index contributed by atoms with van der Waals surface area (Å²) in [7, 11) is 1.94. The minimum absolute atomic E-state index is 0.831. The van der Waals surface area contributed by atoms with Crippen LogP contribution >= 0.6 is 0 Å². The average molecular weight is 176 g/mol. The molecule has 1 rings (SSSR count). The van der Waals surface area contributed by atoms with E-state index in [2.05, 4.69) is 34.6 Å². The maximum absolute atomic E-state index is 4.23. The Bertz CT molecular complexity index is 270. The van der Waals surface area contributed by atoms with Crippen LogP contribution in [0.4, 0.5) is 0 Å². The Balaban J connectivity index is 2.82. The number of hydrogen-bond acceptors (Lipinski definition) is 2. The molecule has 0 aliphatic heterocycles. The van der Waals surface area contributed by atoms with Crippen LogP contribution in [0.3, 0.4) is 0 Å². The summed E-state index contributed by atoms with van der Waals surface area (Å²) < 4.78 is 0. The largest absolute Gasteiger partial charge is 0.388 e. The SMILES string of the molecule is CCN=CC1=CC=CCC=C1NC. The minimum atomic E-state index is 0.831. The molecule has 1 N–H and O–H groups in total. The van der Waals surface area contributed by atoms with Crippen LogP contribution in [0.15, 0.2) is 40.6 Å². The van der Waals surface area contributed by atoms with Crippen LogP contribution in [0.25, 0.3) is 0 Å². The molecule has 0 spiro atoms. The fraction of sp³-hybridized carbons (Fsp3) is 0.364. The monoisotopic (exact) mass is 176 g/mol. The van der Waals surface area contributed by atoms with Gasteiger partial charge in [0, 0.05) is 31.1 Å². The van der Waals surface area contributed by atoms with Crippen molar-refractivity contribution in [3.05, 3.63) is 35.6 Å². The molecule has 0 unspecified atom stereocenters. The molecule has 2 nitrogen and oxygen atoms in total. The third kappa shape index (κ3) is 2.90. The molecule has 0 aromatic heterocycles. The fourth-order valence-electron chi connectivity index (χ4n) is 1.19. The smallest absolute Gasteiger partial charge is 0.0389 e. The molecule has 0 saturated carbocycles. The molecule has 1 aliphatic rings. The first-order chi connectivity index (χ1) is 6.38. The summed E-state index contributed by atoms with van der Waals surface area (Å²) in [5.74, 6) is 0. The highest BCUT2D eigenvalue weighted by molar-refractivity contribution is 5.85. The topological polar surface area (TPSA) is 24.4 Å². The molecular weight excluding hydrogens is 160 g/mol. The Labute approximate surface area is 79.8 Å². The van der Waals surface area contributed by atoms with Gasteiger partial charge in [-0.15, -0.1) is 0 Å². The lowest BCUT2D eigenvalue weighted by atomic mass is 10.2. The molecule has 1 aliphatic carbocycles. The van der Waals surface area contributed by atoms with Crippen molar-refractivity contribution in [3.8, 4) is 0 Å². The van der Waals surface area contributed by atoms with Crippen molar-refractivity contribution in [1.29, 1.82) is 0 Å². The van der Waals surface area contributed by atoms with E-state index < -0.39 is 0 Å². The molecule has 70 valence electrons. The van der Waals surface area contributed by atoms with Crippen molar-refractivity contribution in [1.82, 2.24) is 5.32 Å². The van der Waals surface area contributed by atoms with Gasteiger partial charge in [-0.2, -0.15) is 0 Å².